The van der Waals surface area contributed by atoms with E-state index in [1.807, 2.05) is 0 Å². The molecule has 0 spiro atoms. The molecule has 0 atom stereocenters. The fraction of sp³-hybridized carbons (Fsp3) is 0.727. The minimum Gasteiger partial charge on any atom is -0.315 e. The largest absolute Gasteiger partial charge is 0.435 e. The molecule has 1 aliphatic carbocycles. The van der Waals surface area contributed by atoms with Gasteiger partial charge in [0.1, 0.15) is 0 Å². The molecule has 96 valence electrons. The molecule has 3 nitrogen and oxygen atoms in total. The zero-order valence-electron chi connectivity index (χ0n) is 9.72. The maximum absolute atomic E-state index is 12.4. The number of nitrogens with one attached hydrogen (secondary N) is 1. The van der Waals surface area contributed by atoms with Crippen LogP contribution in [0.2, 0.25) is 0 Å². The number of rotatable bonds is 5. The van der Waals surface area contributed by atoms with E-state index in [1.165, 1.54) is 17.5 Å². The van der Waals surface area contributed by atoms with Crippen molar-refractivity contribution in [1.29, 1.82) is 0 Å². The highest BCUT2D eigenvalue weighted by Gasteiger charge is 2.34. The maximum Gasteiger partial charge on any atom is 0.435 e. The lowest BCUT2D eigenvalue weighted by Gasteiger charge is -2.06. The van der Waals surface area contributed by atoms with Crippen molar-refractivity contribution >= 4 is 0 Å². The number of hydrogen-bond acceptors (Lipinski definition) is 2. The molecular weight excluding hydrogens is 231 g/mol. The van der Waals surface area contributed by atoms with Gasteiger partial charge in [-0.2, -0.15) is 18.3 Å². The first kappa shape index (κ1) is 12.4. The van der Waals surface area contributed by atoms with Crippen LogP contribution in [0.15, 0.2) is 6.07 Å². The summed E-state index contributed by atoms with van der Waals surface area (Å²) in [5.74, 6) is 0.777. The minimum absolute atomic E-state index is 0.481. The van der Waals surface area contributed by atoms with Crippen molar-refractivity contribution < 1.29 is 13.2 Å². The van der Waals surface area contributed by atoms with Crippen molar-refractivity contribution in [3.05, 3.63) is 17.5 Å². The monoisotopic (exact) mass is 247 g/mol. The van der Waals surface area contributed by atoms with Gasteiger partial charge in [-0.15, -0.1) is 0 Å². The van der Waals surface area contributed by atoms with E-state index in [9.17, 15) is 13.2 Å². The van der Waals surface area contributed by atoms with Crippen LogP contribution in [0.25, 0.3) is 0 Å². The summed E-state index contributed by atoms with van der Waals surface area (Å²) in [5.41, 5.74) is -0.261. The number of nitrogens with zero attached hydrogens (tertiary/aromatic N) is 2. The van der Waals surface area contributed by atoms with Crippen LogP contribution < -0.4 is 5.32 Å². The maximum atomic E-state index is 12.4. The lowest BCUT2D eigenvalue weighted by atomic mass is 10.3. The van der Waals surface area contributed by atoms with Gasteiger partial charge in [0.05, 0.1) is 6.54 Å². The minimum atomic E-state index is -4.35. The summed E-state index contributed by atoms with van der Waals surface area (Å²) in [6.07, 6.45) is -1.81. The summed E-state index contributed by atoms with van der Waals surface area (Å²) in [6, 6.07) is 1.08. The standard InChI is InChI=1S/C11H16F3N3/c1-8-6-10(11(12,13)14)16-17(8)5-4-15-7-9-2-3-9/h6,9,15H,2-5,7H2,1H3. The van der Waals surface area contributed by atoms with Gasteiger partial charge >= 0.3 is 6.18 Å². The Kier molecular flexibility index (Phi) is 3.42. The topological polar surface area (TPSA) is 29.9 Å². The molecule has 1 aromatic heterocycles. The molecular formula is C11H16F3N3. The number of aryl methyl sites for hydroxylation is 1. The first-order valence-corrected chi connectivity index (χ1v) is 5.79. The lowest BCUT2D eigenvalue weighted by molar-refractivity contribution is -0.141. The SMILES string of the molecule is Cc1cc(C(F)(F)F)nn1CCNCC1CC1. The van der Waals surface area contributed by atoms with Crippen LogP contribution in [0.4, 0.5) is 13.2 Å². The zero-order valence-corrected chi connectivity index (χ0v) is 9.72. The number of aromatic nitrogens is 2. The molecule has 2 rings (SSSR count). The third kappa shape index (κ3) is 3.46. The van der Waals surface area contributed by atoms with Crippen LogP contribution in [0.1, 0.15) is 24.2 Å². The first-order chi connectivity index (χ1) is 7.97. The molecule has 17 heavy (non-hydrogen) atoms. The molecule has 1 aliphatic rings. The highest BCUT2D eigenvalue weighted by Crippen LogP contribution is 2.28. The second kappa shape index (κ2) is 4.68. The summed E-state index contributed by atoms with van der Waals surface area (Å²) in [4.78, 5) is 0. The average molecular weight is 247 g/mol. The smallest absolute Gasteiger partial charge is 0.315 e. The Labute approximate surface area is 98.0 Å². The Morgan fingerprint density at radius 2 is 2.18 bits per heavy atom. The Morgan fingerprint density at radius 3 is 2.71 bits per heavy atom. The van der Waals surface area contributed by atoms with Crippen molar-refractivity contribution in [3.63, 3.8) is 0 Å². The Bertz CT molecular complexity index is 380. The fourth-order valence-corrected chi connectivity index (χ4v) is 1.69. The Balaban J connectivity index is 1.84. The quantitative estimate of drug-likeness (QED) is 0.808. The average Bonchev–Trinajstić information content (AvgIpc) is 2.96. The summed E-state index contributed by atoms with van der Waals surface area (Å²) < 4.78 is 38.6. The second-order valence-corrected chi connectivity index (χ2v) is 4.54. The third-order valence-corrected chi connectivity index (χ3v) is 2.90. The predicted molar refractivity (Wildman–Crippen MR) is 57.6 cm³/mol. The van der Waals surface area contributed by atoms with E-state index >= 15 is 0 Å². The first-order valence-electron chi connectivity index (χ1n) is 5.79. The van der Waals surface area contributed by atoms with Crippen LogP contribution in [0.5, 0.6) is 0 Å². The van der Waals surface area contributed by atoms with Gasteiger partial charge in [-0.1, -0.05) is 0 Å². The summed E-state index contributed by atoms with van der Waals surface area (Å²) in [7, 11) is 0. The zero-order chi connectivity index (χ0) is 12.5. The van der Waals surface area contributed by atoms with Gasteiger partial charge < -0.3 is 5.32 Å². The van der Waals surface area contributed by atoms with Crippen LogP contribution >= 0.6 is 0 Å². The summed E-state index contributed by atoms with van der Waals surface area (Å²) >= 11 is 0. The Hall–Kier alpha value is -1.04. The number of hydrogen-bond donors (Lipinski definition) is 1. The van der Waals surface area contributed by atoms with E-state index in [4.69, 9.17) is 0 Å². The molecule has 0 unspecified atom stereocenters. The van der Waals surface area contributed by atoms with Gasteiger partial charge in [-0.05, 0) is 38.3 Å². The van der Waals surface area contributed by atoms with Crippen LogP contribution in [0, 0.1) is 12.8 Å². The molecule has 1 N–H and O–H groups in total. The van der Waals surface area contributed by atoms with Gasteiger partial charge in [-0.25, -0.2) is 0 Å². The number of alkyl halides is 3. The molecule has 6 heteroatoms. The van der Waals surface area contributed by atoms with E-state index < -0.39 is 11.9 Å². The molecule has 0 radical (unpaired) electrons. The molecule has 1 aromatic rings. The molecule has 1 saturated carbocycles. The van der Waals surface area contributed by atoms with E-state index in [-0.39, 0.29) is 0 Å². The normalized spacial score (nSPS) is 16.5. The van der Waals surface area contributed by atoms with E-state index in [2.05, 4.69) is 10.4 Å². The van der Waals surface area contributed by atoms with Crippen molar-refractivity contribution in [1.82, 2.24) is 15.1 Å². The van der Waals surface area contributed by atoms with Gasteiger partial charge in [0.25, 0.3) is 0 Å². The van der Waals surface area contributed by atoms with E-state index in [0.29, 0.717) is 18.8 Å². The predicted octanol–water partition coefficient (Wildman–Crippen LogP) is 2.21. The van der Waals surface area contributed by atoms with Crippen LogP contribution in [0.3, 0.4) is 0 Å². The molecule has 0 saturated heterocycles. The second-order valence-electron chi connectivity index (χ2n) is 4.54. The lowest BCUT2D eigenvalue weighted by Crippen LogP contribution is -2.23. The van der Waals surface area contributed by atoms with Crippen molar-refractivity contribution in [2.45, 2.75) is 32.5 Å². The van der Waals surface area contributed by atoms with Gasteiger partial charge in [0.2, 0.25) is 0 Å². The molecule has 0 bridgehead atoms. The Morgan fingerprint density at radius 1 is 1.47 bits per heavy atom. The molecule has 0 aliphatic heterocycles. The molecule has 1 fully saturated rings. The van der Waals surface area contributed by atoms with Crippen molar-refractivity contribution in [3.8, 4) is 0 Å². The third-order valence-electron chi connectivity index (χ3n) is 2.90. The highest BCUT2D eigenvalue weighted by atomic mass is 19.4. The summed E-state index contributed by atoms with van der Waals surface area (Å²) in [6.45, 7) is 3.75. The van der Waals surface area contributed by atoms with Gasteiger partial charge in [0, 0.05) is 12.2 Å². The van der Waals surface area contributed by atoms with E-state index in [0.717, 1.165) is 18.5 Å². The van der Waals surface area contributed by atoms with Crippen molar-refractivity contribution in [2.24, 2.45) is 5.92 Å². The number of halogens is 3. The van der Waals surface area contributed by atoms with Crippen LogP contribution in [-0.2, 0) is 12.7 Å². The van der Waals surface area contributed by atoms with Crippen molar-refractivity contribution in [2.75, 3.05) is 13.1 Å². The van der Waals surface area contributed by atoms with Crippen LogP contribution in [-0.4, -0.2) is 22.9 Å². The molecule has 0 amide bonds. The van der Waals surface area contributed by atoms with E-state index in [1.54, 1.807) is 6.92 Å². The summed E-state index contributed by atoms with van der Waals surface area (Å²) in [5, 5.41) is 6.79. The van der Waals surface area contributed by atoms with Gasteiger partial charge in [0.15, 0.2) is 5.69 Å². The van der Waals surface area contributed by atoms with Gasteiger partial charge in [-0.3, -0.25) is 4.68 Å². The molecule has 0 aromatic carbocycles. The fourth-order valence-electron chi connectivity index (χ4n) is 1.69. The molecule has 1 heterocycles. The highest BCUT2D eigenvalue weighted by molar-refractivity contribution is 5.11.